The highest BCUT2D eigenvalue weighted by molar-refractivity contribution is 7.80. The summed E-state index contributed by atoms with van der Waals surface area (Å²) < 4.78 is 0. The third-order valence-corrected chi connectivity index (χ3v) is 6.11. The van der Waals surface area contributed by atoms with Crippen molar-refractivity contribution in [2.75, 3.05) is 27.2 Å². The molecule has 0 fully saturated rings. The van der Waals surface area contributed by atoms with Crippen molar-refractivity contribution in [1.29, 1.82) is 0 Å². The average Bonchev–Trinajstić information content (AvgIpc) is 2.75. The van der Waals surface area contributed by atoms with Gasteiger partial charge in [0, 0.05) is 18.7 Å². The smallest absolute Gasteiger partial charge is 0.253 e. The molecule has 1 atom stereocenters. The quantitative estimate of drug-likeness (QED) is 0.545. The van der Waals surface area contributed by atoms with E-state index < -0.39 is 0 Å². The lowest BCUT2D eigenvalue weighted by molar-refractivity contribution is 0.320. The van der Waals surface area contributed by atoms with Gasteiger partial charge in [-0.05, 0) is 75.2 Å². The first-order chi connectivity index (χ1) is 14.8. The van der Waals surface area contributed by atoms with Gasteiger partial charge >= 0.3 is 0 Å². The van der Waals surface area contributed by atoms with Gasteiger partial charge in [-0.15, -0.1) is 0 Å². The summed E-state index contributed by atoms with van der Waals surface area (Å²) in [6.45, 7) is 8.22. The van der Waals surface area contributed by atoms with Crippen molar-refractivity contribution in [3.63, 3.8) is 0 Å². The Hall–Kier alpha value is -2.70. The van der Waals surface area contributed by atoms with Gasteiger partial charge < -0.3 is 20.1 Å². The molecule has 3 rings (SSSR count). The summed E-state index contributed by atoms with van der Waals surface area (Å²) >= 11 is 5.76. The molecule has 31 heavy (non-hydrogen) atoms. The number of thiocarbonyl (C=S) groups is 1. The number of aromatic amines is 1. The van der Waals surface area contributed by atoms with Crippen molar-refractivity contribution in [1.82, 2.24) is 20.1 Å². The molecule has 3 aromatic rings. The van der Waals surface area contributed by atoms with Crippen LogP contribution in [0.1, 0.15) is 35.2 Å². The first-order valence-corrected chi connectivity index (χ1v) is 11.0. The molecular formula is C25H32N4OS. The fraction of sp³-hybridized carbons (Fsp3) is 0.360. The van der Waals surface area contributed by atoms with Crippen LogP contribution >= 0.6 is 12.2 Å². The van der Waals surface area contributed by atoms with Crippen molar-refractivity contribution >= 4 is 28.2 Å². The van der Waals surface area contributed by atoms with Gasteiger partial charge in [0.25, 0.3) is 5.56 Å². The summed E-state index contributed by atoms with van der Waals surface area (Å²) in [5.74, 6) is 0. The summed E-state index contributed by atoms with van der Waals surface area (Å²) in [7, 11) is 4.07. The number of fused-ring (bicyclic) bond motifs is 1. The number of aromatic nitrogens is 1. The zero-order chi connectivity index (χ0) is 22.5. The predicted molar refractivity (Wildman–Crippen MR) is 134 cm³/mol. The predicted octanol–water partition coefficient (Wildman–Crippen LogP) is 4.14. The number of rotatable bonds is 7. The van der Waals surface area contributed by atoms with E-state index in [2.05, 4.69) is 58.2 Å². The van der Waals surface area contributed by atoms with Gasteiger partial charge in [0.2, 0.25) is 0 Å². The summed E-state index contributed by atoms with van der Waals surface area (Å²) in [6, 6.07) is 16.5. The third kappa shape index (κ3) is 5.71. The van der Waals surface area contributed by atoms with Crippen molar-refractivity contribution in [3.05, 3.63) is 81.1 Å². The van der Waals surface area contributed by atoms with E-state index in [4.69, 9.17) is 12.2 Å². The number of benzene rings is 2. The number of hydrogen-bond donors (Lipinski definition) is 2. The van der Waals surface area contributed by atoms with E-state index in [9.17, 15) is 4.79 Å². The topological polar surface area (TPSA) is 51.4 Å². The molecule has 0 unspecified atom stereocenters. The van der Waals surface area contributed by atoms with Gasteiger partial charge in [-0.2, -0.15) is 0 Å². The summed E-state index contributed by atoms with van der Waals surface area (Å²) in [4.78, 5) is 20.2. The summed E-state index contributed by atoms with van der Waals surface area (Å²) in [6.07, 6.45) is 0. The first kappa shape index (κ1) is 23.0. The van der Waals surface area contributed by atoms with Crippen LogP contribution in [0.5, 0.6) is 0 Å². The number of nitrogens with one attached hydrogen (secondary N) is 2. The molecule has 1 aromatic heterocycles. The van der Waals surface area contributed by atoms with E-state index in [1.165, 1.54) is 11.1 Å². The molecule has 0 aliphatic rings. The maximum atomic E-state index is 12.9. The van der Waals surface area contributed by atoms with Crippen molar-refractivity contribution in [2.45, 2.75) is 33.4 Å². The number of hydrogen-bond acceptors (Lipinski definition) is 3. The lowest BCUT2D eigenvalue weighted by atomic mass is 10.0. The highest BCUT2D eigenvalue weighted by Gasteiger charge is 2.16. The standard InChI is InChI=1S/C25H32N4OS/c1-17-11-12-21-15-22(24(30)27-23(21)18(17)2)16-29(14-13-28(4)5)25(31)26-19(3)20-9-7-6-8-10-20/h6-12,15,19H,13-14,16H2,1-5H3,(H,26,31)(H,27,30)/t19-/m0/s1. The van der Waals surface area contributed by atoms with E-state index in [-0.39, 0.29) is 11.6 Å². The van der Waals surface area contributed by atoms with Crippen molar-refractivity contribution in [3.8, 4) is 0 Å². The van der Waals surface area contributed by atoms with Crippen molar-refractivity contribution in [2.24, 2.45) is 0 Å². The summed E-state index contributed by atoms with van der Waals surface area (Å²) in [5.41, 5.74) is 5.02. The second-order valence-electron chi connectivity index (χ2n) is 8.40. The molecule has 0 bridgehead atoms. The van der Waals surface area contributed by atoms with E-state index in [1.807, 2.05) is 45.3 Å². The van der Waals surface area contributed by atoms with Crippen LogP contribution in [0, 0.1) is 13.8 Å². The Balaban J connectivity index is 1.85. The number of likely N-dealkylation sites (N-methyl/N-ethyl adjacent to an activating group) is 1. The van der Waals surface area contributed by atoms with Gasteiger partial charge in [-0.1, -0.05) is 42.5 Å². The number of pyridine rings is 1. The molecule has 164 valence electrons. The largest absolute Gasteiger partial charge is 0.356 e. The maximum absolute atomic E-state index is 12.9. The number of H-pyrrole nitrogens is 1. The van der Waals surface area contributed by atoms with Gasteiger partial charge in [-0.3, -0.25) is 4.79 Å². The highest BCUT2D eigenvalue weighted by atomic mass is 32.1. The molecule has 5 nitrogen and oxygen atoms in total. The Bertz CT molecular complexity index is 1110. The summed E-state index contributed by atoms with van der Waals surface area (Å²) in [5, 5.41) is 5.13. The van der Waals surface area contributed by atoms with Gasteiger partial charge in [0.05, 0.1) is 18.1 Å². The molecule has 6 heteroatoms. The average molecular weight is 437 g/mol. The van der Waals surface area contributed by atoms with E-state index in [0.29, 0.717) is 17.2 Å². The second kappa shape index (κ2) is 10.1. The Morgan fingerprint density at radius 1 is 1.10 bits per heavy atom. The third-order valence-electron chi connectivity index (χ3n) is 5.73. The normalized spacial score (nSPS) is 12.2. The molecule has 1 heterocycles. The molecule has 0 radical (unpaired) electrons. The van der Waals surface area contributed by atoms with Crippen LogP contribution in [0.4, 0.5) is 0 Å². The molecule has 0 saturated heterocycles. The zero-order valence-electron chi connectivity index (χ0n) is 19.0. The minimum atomic E-state index is -0.0602. The van der Waals surface area contributed by atoms with Gasteiger partial charge in [0.15, 0.2) is 5.11 Å². The molecular weight excluding hydrogens is 404 g/mol. The molecule has 0 spiro atoms. The Morgan fingerprint density at radius 2 is 1.81 bits per heavy atom. The molecule has 0 saturated carbocycles. The van der Waals surface area contributed by atoms with Crippen LogP contribution in [0.2, 0.25) is 0 Å². The SMILES string of the molecule is Cc1ccc2cc(CN(CCN(C)C)C(=S)N[C@@H](C)c3ccccc3)c(=O)[nH]c2c1C. The Labute approximate surface area is 190 Å². The Kier molecular flexibility index (Phi) is 7.46. The van der Waals surface area contributed by atoms with Crippen LogP contribution < -0.4 is 10.9 Å². The van der Waals surface area contributed by atoms with Gasteiger partial charge in [-0.25, -0.2) is 0 Å². The first-order valence-electron chi connectivity index (χ1n) is 10.6. The lowest BCUT2D eigenvalue weighted by Crippen LogP contribution is -2.44. The number of aryl methyl sites for hydroxylation is 2. The van der Waals surface area contributed by atoms with Crippen LogP contribution in [-0.2, 0) is 6.54 Å². The van der Waals surface area contributed by atoms with Crippen LogP contribution in [0.3, 0.4) is 0 Å². The fourth-order valence-electron chi connectivity index (χ4n) is 3.57. The minimum Gasteiger partial charge on any atom is -0.356 e. The molecule has 0 aliphatic heterocycles. The van der Waals surface area contributed by atoms with Crippen LogP contribution in [0.15, 0.2) is 53.3 Å². The van der Waals surface area contributed by atoms with E-state index >= 15 is 0 Å². The molecule has 0 amide bonds. The lowest BCUT2D eigenvalue weighted by Gasteiger charge is -2.29. The van der Waals surface area contributed by atoms with Crippen molar-refractivity contribution < 1.29 is 0 Å². The van der Waals surface area contributed by atoms with E-state index in [0.717, 1.165) is 29.6 Å². The molecule has 2 N–H and O–H groups in total. The number of nitrogens with zero attached hydrogens (tertiary/aromatic N) is 2. The fourth-order valence-corrected chi connectivity index (χ4v) is 3.90. The maximum Gasteiger partial charge on any atom is 0.253 e. The zero-order valence-corrected chi connectivity index (χ0v) is 19.8. The highest BCUT2D eigenvalue weighted by Crippen LogP contribution is 2.19. The Morgan fingerprint density at radius 3 is 2.48 bits per heavy atom. The van der Waals surface area contributed by atoms with E-state index in [1.54, 1.807) is 0 Å². The molecule has 2 aromatic carbocycles. The monoisotopic (exact) mass is 436 g/mol. The van der Waals surface area contributed by atoms with Crippen LogP contribution in [-0.4, -0.2) is 47.1 Å². The minimum absolute atomic E-state index is 0.0602. The van der Waals surface area contributed by atoms with Gasteiger partial charge in [0.1, 0.15) is 0 Å². The second-order valence-corrected chi connectivity index (χ2v) is 8.79. The molecule has 0 aliphatic carbocycles. The van der Waals surface area contributed by atoms with Crippen LogP contribution in [0.25, 0.3) is 10.9 Å².